The maximum Gasteiger partial charge on any atom is 0.209 e. The molecular formula is C14H22N6S. The number of nitrogens with zero attached hydrogens (tertiary/aromatic N) is 5. The molecule has 2 aromatic rings. The molecule has 1 N–H and O–H groups in total. The van der Waals surface area contributed by atoms with Crippen molar-refractivity contribution in [2.45, 2.75) is 38.2 Å². The van der Waals surface area contributed by atoms with Crippen LogP contribution in [0.5, 0.6) is 0 Å². The lowest BCUT2D eigenvalue weighted by atomic mass is 10.2. The van der Waals surface area contributed by atoms with Crippen LogP contribution in [-0.4, -0.2) is 38.3 Å². The highest BCUT2D eigenvalue weighted by molar-refractivity contribution is 7.98. The average molecular weight is 306 g/mol. The highest BCUT2D eigenvalue weighted by atomic mass is 32.2. The minimum absolute atomic E-state index is 0.654. The lowest BCUT2D eigenvalue weighted by molar-refractivity contribution is 0.482. The van der Waals surface area contributed by atoms with Crippen LogP contribution in [0.4, 0.5) is 0 Å². The molecule has 0 spiro atoms. The van der Waals surface area contributed by atoms with Crippen molar-refractivity contribution in [3.8, 4) is 0 Å². The van der Waals surface area contributed by atoms with E-state index in [4.69, 9.17) is 0 Å². The first-order chi connectivity index (χ1) is 10.1. The summed E-state index contributed by atoms with van der Waals surface area (Å²) in [5.74, 6) is 1.48. The van der Waals surface area contributed by atoms with Crippen LogP contribution < -0.4 is 5.32 Å². The normalized spacial score (nSPS) is 11.2. The van der Waals surface area contributed by atoms with E-state index < -0.39 is 0 Å². The van der Waals surface area contributed by atoms with Crippen molar-refractivity contribution in [3.63, 3.8) is 0 Å². The summed E-state index contributed by atoms with van der Waals surface area (Å²) in [4.78, 5) is 4.20. The number of rotatable bonds is 8. The fourth-order valence-electron chi connectivity index (χ4n) is 1.86. The Morgan fingerprint density at radius 3 is 2.95 bits per heavy atom. The third kappa shape index (κ3) is 5.43. The Bertz CT molecular complexity index is 554. The molecule has 114 valence electrons. The van der Waals surface area contributed by atoms with E-state index in [-0.39, 0.29) is 0 Å². The largest absolute Gasteiger partial charge is 0.315 e. The summed E-state index contributed by atoms with van der Waals surface area (Å²) in [6.07, 6.45) is 3.75. The Hall–Kier alpha value is -1.47. The van der Waals surface area contributed by atoms with Crippen LogP contribution in [0.15, 0.2) is 23.6 Å². The standard InChI is InChI=1S/C14H22N6S/c1-11(2)7-15-4-5-20-14(17-18-19-20)21-10-13-6-12(3)8-16-9-13/h6,8-9,11,15H,4-5,7,10H2,1-3H3. The smallest absolute Gasteiger partial charge is 0.209 e. The molecule has 7 heteroatoms. The van der Waals surface area contributed by atoms with Crippen molar-refractivity contribution < 1.29 is 0 Å². The van der Waals surface area contributed by atoms with Gasteiger partial charge >= 0.3 is 0 Å². The number of tetrazole rings is 1. The van der Waals surface area contributed by atoms with Crippen molar-refractivity contribution in [2.75, 3.05) is 13.1 Å². The molecule has 0 saturated heterocycles. The highest BCUT2D eigenvalue weighted by Gasteiger charge is 2.07. The van der Waals surface area contributed by atoms with Crippen LogP contribution in [0.3, 0.4) is 0 Å². The molecule has 0 saturated carbocycles. The Balaban J connectivity index is 1.82. The second-order valence-electron chi connectivity index (χ2n) is 5.44. The highest BCUT2D eigenvalue weighted by Crippen LogP contribution is 2.19. The number of aryl methyl sites for hydroxylation is 1. The minimum Gasteiger partial charge on any atom is -0.315 e. The van der Waals surface area contributed by atoms with Crippen molar-refractivity contribution >= 4 is 11.8 Å². The molecule has 0 aliphatic heterocycles. The Morgan fingerprint density at radius 1 is 1.33 bits per heavy atom. The first-order valence-corrected chi connectivity index (χ1v) is 8.14. The topological polar surface area (TPSA) is 68.5 Å². The van der Waals surface area contributed by atoms with Crippen molar-refractivity contribution in [3.05, 3.63) is 29.6 Å². The first-order valence-electron chi connectivity index (χ1n) is 7.15. The van der Waals surface area contributed by atoms with E-state index in [2.05, 4.69) is 45.7 Å². The molecule has 0 aromatic carbocycles. The van der Waals surface area contributed by atoms with Gasteiger partial charge in [-0.05, 0) is 40.9 Å². The van der Waals surface area contributed by atoms with Gasteiger partial charge in [0, 0.05) is 24.7 Å². The average Bonchev–Trinajstić information content (AvgIpc) is 2.89. The number of thioether (sulfide) groups is 1. The molecule has 0 unspecified atom stereocenters. The lowest BCUT2D eigenvalue weighted by Gasteiger charge is -2.08. The molecule has 2 heterocycles. The quantitative estimate of drug-likeness (QED) is 0.593. The van der Waals surface area contributed by atoms with Gasteiger partial charge in [-0.15, -0.1) is 5.10 Å². The Morgan fingerprint density at radius 2 is 2.19 bits per heavy atom. The van der Waals surface area contributed by atoms with Gasteiger partial charge in [-0.25, -0.2) is 4.68 Å². The predicted molar refractivity (Wildman–Crippen MR) is 84.1 cm³/mol. The zero-order valence-electron chi connectivity index (χ0n) is 12.8. The van der Waals surface area contributed by atoms with E-state index >= 15 is 0 Å². The Kier molecular flexibility index (Phi) is 6.13. The summed E-state index contributed by atoms with van der Waals surface area (Å²) >= 11 is 1.64. The van der Waals surface area contributed by atoms with Gasteiger partial charge in [0.15, 0.2) is 0 Å². The molecule has 0 fully saturated rings. The summed E-state index contributed by atoms with van der Waals surface area (Å²) in [5.41, 5.74) is 2.36. The number of pyridine rings is 1. The molecule has 0 aliphatic carbocycles. The van der Waals surface area contributed by atoms with E-state index in [1.807, 2.05) is 24.0 Å². The maximum absolute atomic E-state index is 4.20. The molecule has 21 heavy (non-hydrogen) atoms. The minimum atomic E-state index is 0.654. The second kappa shape index (κ2) is 8.09. The molecular weight excluding hydrogens is 284 g/mol. The number of nitrogens with one attached hydrogen (secondary N) is 1. The fraction of sp³-hybridized carbons (Fsp3) is 0.571. The third-order valence-corrected chi connectivity index (χ3v) is 3.88. The monoisotopic (exact) mass is 306 g/mol. The van der Waals surface area contributed by atoms with E-state index in [1.54, 1.807) is 11.8 Å². The van der Waals surface area contributed by atoms with Crippen LogP contribution in [0.1, 0.15) is 25.0 Å². The van der Waals surface area contributed by atoms with Crippen LogP contribution in [0, 0.1) is 12.8 Å². The summed E-state index contributed by atoms with van der Waals surface area (Å²) in [6.45, 7) is 9.12. The van der Waals surface area contributed by atoms with Gasteiger partial charge in [0.2, 0.25) is 5.16 Å². The van der Waals surface area contributed by atoms with Crippen LogP contribution in [-0.2, 0) is 12.3 Å². The van der Waals surface area contributed by atoms with Crippen molar-refractivity contribution in [2.24, 2.45) is 5.92 Å². The van der Waals surface area contributed by atoms with Gasteiger partial charge in [0.05, 0.1) is 6.54 Å². The molecule has 0 aliphatic rings. The zero-order chi connectivity index (χ0) is 15.1. The summed E-state index contributed by atoms with van der Waals surface area (Å²) in [7, 11) is 0. The molecule has 2 rings (SSSR count). The van der Waals surface area contributed by atoms with Crippen LogP contribution in [0.2, 0.25) is 0 Å². The van der Waals surface area contributed by atoms with Crippen LogP contribution >= 0.6 is 11.8 Å². The zero-order valence-corrected chi connectivity index (χ0v) is 13.6. The van der Waals surface area contributed by atoms with E-state index in [1.165, 1.54) is 11.1 Å². The maximum atomic E-state index is 4.20. The summed E-state index contributed by atoms with van der Waals surface area (Å²) in [6, 6.07) is 2.14. The van der Waals surface area contributed by atoms with E-state index in [0.29, 0.717) is 5.92 Å². The van der Waals surface area contributed by atoms with Gasteiger partial charge in [0.25, 0.3) is 0 Å². The molecule has 0 bridgehead atoms. The summed E-state index contributed by atoms with van der Waals surface area (Å²) in [5, 5.41) is 16.1. The summed E-state index contributed by atoms with van der Waals surface area (Å²) < 4.78 is 1.85. The first kappa shape index (κ1) is 15.9. The van der Waals surface area contributed by atoms with Gasteiger partial charge in [-0.1, -0.05) is 31.7 Å². The second-order valence-corrected chi connectivity index (χ2v) is 6.38. The van der Waals surface area contributed by atoms with Gasteiger partial charge in [-0.3, -0.25) is 4.98 Å². The molecule has 0 amide bonds. The lowest BCUT2D eigenvalue weighted by Crippen LogP contribution is -2.24. The van der Waals surface area contributed by atoms with Crippen molar-refractivity contribution in [1.82, 2.24) is 30.5 Å². The van der Waals surface area contributed by atoms with Gasteiger partial charge in [0.1, 0.15) is 0 Å². The van der Waals surface area contributed by atoms with Gasteiger partial charge < -0.3 is 5.32 Å². The Labute approximate surface area is 129 Å². The molecule has 6 nitrogen and oxygen atoms in total. The number of aromatic nitrogens is 5. The predicted octanol–water partition coefficient (Wildman–Crippen LogP) is 1.91. The molecule has 0 atom stereocenters. The fourth-order valence-corrected chi connectivity index (χ4v) is 2.68. The van der Waals surface area contributed by atoms with E-state index in [0.717, 1.165) is 30.5 Å². The number of hydrogen-bond donors (Lipinski definition) is 1. The third-order valence-electron chi connectivity index (χ3n) is 2.85. The molecule has 0 radical (unpaired) electrons. The van der Waals surface area contributed by atoms with Gasteiger partial charge in [-0.2, -0.15) is 0 Å². The molecule has 2 aromatic heterocycles. The van der Waals surface area contributed by atoms with Crippen molar-refractivity contribution in [1.29, 1.82) is 0 Å². The van der Waals surface area contributed by atoms with Crippen LogP contribution in [0.25, 0.3) is 0 Å². The van der Waals surface area contributed by atoms with E-state index in [9.17, 15) is 0 Å². The SMILES string of the molecule is Cc1cncc(CSc2nnnn2CCNCC(C)C)c1. The number of hydrogen-bond acceptors (Lipinski definition) is 6.